The highest BCUT2D eigenvalue weighted by atomic mass is 16.4. The van der Waals surface area contributed by atoms with Gasteiger partial charge >= 0.3 is 5.63 Å². The minimum atomic E-state index is -1.20. The van der Waals surface area contributed by atoms with Crippen LogP contribution in [-0.4, -0.2) is 27.6 Å². The Morgan fingerprint density at radius 2 is 1.55 bits per heavy atom. The van der Waals surface area contributed by atoms with Crippen molar-refractivity contribution < 1.29 is 14.0 Å². The van der Waals surface area contributed by atoms with Gasteiger partial charge in [-0.2, -0.15) is 0 Å². The normalized spacial score (nSPS) is 14.6. The lowest BCUT2D eigenvalue weighted by Crippen LogP contribution is -2.51. The molecule has 0 radical (unpaired) electrons. The molecule has 0 saturated heterocycles. The average Bonchev–Trinajstić information content (AvgIpc) is 3.21. The third kappa shape index (κ3) is 3.94. The zero-order valence-corrected chi connectivity index (χ0v) is 22.2. The predicted octanol–water partition coefficient (Wildman–Crippen LogP) is 5.10. The zero-order chi connectivity index (χ0) is 27.4. The van der Waals surface area contributed by atoms with Crippen molar-refractivity contribution in [2.45, 2.75) is 52.7 Å². The number of Topliss-reactive ketones (excluding diaryl/α,β-unsaturated/α-hetero) is 1. The molecule has 2 atom stereocenters. The molecule has 1 aliphatic carbocycles. The standard InChI is InChI=1S/C31H31N3O4/c1-17-11-10-16-24-25(17)30(37)38-29(33-24)27(32)31(4,5)28(36)18(2)34(19(3)35)26-22-14-8-6-12-20(22)21-13-7-9-15-23(21)26/h6-16,18,26-27H,32H2,1-5H3/t18-,27+/m0/s1. The van der Waals surface area contributed by atoms with Gasteiger partial charge in [0.25, 0.3) is 0 Å². The van der Waals surface area contributed by atoms with Crippen LogP contribution in [0.4, 0.5) is 0 Å². The molecule has 0 spiro atoms. The molecular weight excluding hydrogens is 478 g/mol. The molecular formula is C31H31N3O4. The van der Waals surface area contributed by atoms with Crippen molar-refractivity contribution in [1.82, 2.24) is 9.88 Å². The van der Waals surface area contributed by atoms with Crippen molar-refractivity contribution in [3.8, 4) is 11.1 Å². The Balaban J connectivity index is 1.53. The molecule has 3 aromatic carbocycles. The Morgan fingerprint density at radius 3 is 2.13 bits per heavy atom. The van der Waals surface area contributed by atoms with Gasteiger partial charge in [0.1, 0.15) is 0 Å². The first-order valence-electron chi connectivity index (χ1n) is 12.7. The molecule has 7 heteroatoms. The van der Waals surface area contributed by atoms with E-state index in [-0.39, 0.29) is 17.6 Å². The summed E-state index contributed by atoms with van der Waals surface area (Å²) < 4.78 is 5.53. The van der Waals surface area contributed by atoms with Crippen LogP contribution in [0.5, 0.6) is 0 Å². The largest absolute Gasteiger partial charge is 0.406 e. The lowest BCUT2D eigenvalue weighted by Gasteiger charge is -2.39. The Labute approximate surface area is 221 Å². The summed E-state index contributed by atoms with van der Waals surface area (Å²) >= 11 is 0. The van der Waals surface area contributed by atoms with Crippen molar-refractivity contribution in [3.63, 3.8) is 0 Å². The van der Waals surface area contributed by atoms with E-state index < -0.39 is 29.2 Å². The number of nitrogens with zero attached hydrogens (tertiary/aromatic N) is 2. The van der Waals surface area contributed by atoms with Crippen LogP contribution in [0.25, 0.3) is 22.0 Å². The molecule has 0 saturated carbocycles. The van der Waals surface area contributed by atoms with Crippen LogP contribution in [0, 0.1) is 12.3 Å². The minimum absolute atomic E-state index is 0.00965. The molecule has 5 rings (SSSR count). The summed E-state index contributed by atoms with van der Waals surface area (Å²) in [4.78, 5) is 46.1. The van der Waals surface area contributed by atoms with Gasteiger partial charge in [-0.15, -0.1) is 0 Å². The van der Waals surface area contributed by atoms with E-state index in [0.29, 0.717) is 10.9 Å². The molecule has 38 heavy (non-hydrogen) atoms. The molecule has 4 aromatic rings. The van der Waals surface area contributed by atoms with Crippen LogP contribution < -0.4 is 11.4 Å². The third-order valence-corrected chi connectivity index (χ3v) is 7.80. The van der Waals surface area contributed by atoms with E-state index in [9.17, 15) is 14.4 Å². The first kappa shape index (κ1) is 25.5. The maximum absolute atomic E-state index is 14.1. The molecule has 1 aliphatic rings. The Kier molecular flexibility index (Phi) is 6.27. The van der Waals surface area contributed by atoms with Crippen molar-refractivity contribution in [2.24, 2.45) is 11.1 Å². The highest BCUT2D eigenvalue weighted by Crippen LogP contribution is 2.47. The molecule has 7 nitrogen and oxygen atoms in total. The SMILES string of the molecule is CC(=O)N(C1c2ccccc2-c2ccccc21)[C@@H](C)C(=O)C(C)(C)[C@H](N)c1nc2cccc(C)c2c(=O)o1. The van der Waals surface area contributed by atoms with Gasteiger partial charge in [0.15, 0.2) is 5.78 Å². The third-order valence-electron chi connectivity index (χ3n) is 7.80. The Hall–Kier alpha value is -4.10. The molecule has 0 unspecified atom stereocenters. The molecule has 1 amide bonds. The smallest absolute Gasteiger partial charge is 0.347 e. The number of nitrogens with two attached hydrogens (primary N) is 1. The Bertz CT molecular complexity index is 1590. The highest BCUT2D eigenvalue weighted by molar-refractivity contribution is 5.94. The quantitative estimate of drug-likeness (QED) is 0.388. The van der Waals surface area contributed by atoms with Crippen LogP contribution in [0.15, 0.2) is 75.9 Å². The second-order valence-electron chi connectivity index (χ2n) is 10.6. The summed E-state index contributed by atoms with van der Waals surface area (Å²) in [5, 5.41) is 0.391. The van der Waals surface area contributed by atoms with E-state index in [4.69, 9.17) is 10.2 Å². The fourth-order valence-corrected chi connectivity index (χ4v) is 5.67. The van der Waals surface area contributed by atoms with E-state index in [0.717, 1.165) is 27.8 Å². The van der Waals surface area contributed by atoms with Crippen LogP contribution >= 0.6 is 0 Å². The molecule has 0 aliphatic heterocycles. The average molecular weight is 510 g/mol. The number of rotatable bonds is 6. The number of amides is 1. The van der Waals surface area contributed by atoms with Gasteiger partial charge in [0.2, 0.25) is 11.8 Å². The lowest BCUT2D eigenvalue weighted by molar-refractivity contribution is -0.144. The van der Waals surface area contributed by atoms with Crippen molar-refractivity contribution in [2.75, 3.05) is 0 Å². The summed E-state index contributed by atoms with van der Waals surface area (Å²) in [7, 11) is 0. The fourth-order valence-electron chi connectivity index (χ4n) is 5.67. The van der Waals surface area contributed by atoms with Crippen molar-refractivity contribution in [3.05, 3.63) is 99.7 Å². The summed E-state index contributed by atoms with van der Waals surface area (Å²) in [6, 6.07) is 19.0. The van der Waals surface area contributed by atoms with E-state index in [1.165, 1.54) is 6.92 Å². The minimum Gasteiger partial charge on any atom is -0.406 e. The van der Waals surface area contributed by atoms with Gasteiger partial charge < -0.3 is 15.1 Å². The topological polar surface area (TPSA) is 107 Å². The van der Waals surface area contributed by atoms with Crippen LogP contribution in [0.3, 0.4) is 0 Å². The maximum atomic E-state index is 14.1. The first-order valence-corrected chi connectivity index (χ1v) is 12.7. The molecule has 0 bridgehead atoms. The van der Waals surface area contributed by atoms with Crippen molar-refractivity contribution >= 4 is 22.6 Å². The molecule has 0 fully saturated rings. The molecule has 2 N–H and O–H groups in total. The monoisotopic (exact) mass is 509 g/mol. The summed E-state index contributed by atoms with van der Waals surface area (Å²) in [5.74, 6) is -0.488. The second kappa shape index (κ2) is 9.33. The summed E-state index contributed by atoms with van der Waals surface area (Å²) in [5.41, 5.74) is 10.1. The van der Waals surface area contributed by atoms with Crippen LogP contribution in [-0.2, 0) is 9.59 Å². The van der Waals surface area contributed by atoms with Gasteiger partial charge in [0, 0.05) is 12.3 Å². The summed E-state index contributed by atoms with van der Waals surface area (Å²) in [6.07, 6.45) is 0. The van der Waals surface area contributed by atoms with E-state index in [1.807, 2.05) is 61.5 Å². The predicted molar refractivity (Wildman–Crippen MR) is 146 cm³/mol. The first-order chi connectivity index (χ1) is 18.0. The number of hydrogen-bond donors (Lipinski definition) is 1. The van der Waals surface area contributed by atoms with E-state index in [1.54, 1.807) is 37.8 Å². The summed E-state index contributed by atoms with van der Waals surface area (Å²) in [6.45, 7) is 8.42. The Morgan fingerprint density at radius 1 is 0.974 bits per heavy atom. The number of aryl methyl sites for hydroxylation is 1. The molecule has 1 heterocycles. The maximum Gasteiger partial charge on any atom is 0.347 e. The van der Waals surface area contributed by atoms with E-state index in [2.05, 4.69) is 4.98 Å². The fraction of sp³-hybridized carbons (Fsp3) is 0.290. The number of ketones is 1. The van der Waals surface area contributed by atoms with Gasteiger partial charge in [-0.25, -0.2) is 9.78 Å². The number of hydrogen-bond acceptors (Lipinski definition) is 6. The molecule has 194 valence electrons. The zero-order valence-electron chi connectivity index (χ0n) is 22.2. The number of fused-ring (bicyclic) bond motifs is 4. The highest BCUT2D eigenvalue weighted by Gasteiger charge is 2.45. The lowest BCUT2D eigenvalue weighted by atomic mass is 9.77. The van der Waals surface area contributed by atoms with Crippen LogP contribution in [0.1, 0.15) is 62.4 Å². The van der Waals surface area contributed by atoms with Crippen molar-refractivity contribution in [1.29, 1.82) is 0 Å². The van der Waals surface area contributed by atoms with E-state index >= 15 is 0 Å². The van der Waals surface area contributed by atoms with Gasteiger partial charge in [-0.05, 0) is 47.7 Å². The van der Waals surface area contributed by atoms with Gasteiger partial charge in [0.05, 0.1) is 29.0 Å². The van der Waals surface area contributed by atoms with Gasteiger partial charge in [-0.3, -0.25) is 9.59 Å². The number of benzene rings is 3. The molecule has 1 aromatic heterocycles. The van der Waals surface area contributed by atoms with Gasteiger partial charge in [-0.1, -0.05) is 74.5 Å². The number of aromatic nitrogens is 1. The van der Waals surface area contributed by atoms with Crippen LogP contribution in [0.2, 0.25) is 0 Å². The second-order valence-corrected chi connectivity index (χ2v) is 10.6. The number of carbonyl (C=O) groups is 2. The number of carbonyl (C=O) groups excluding carboxylic acids is 2.